The highest BCUT2D eigenvalue weighted by Crippen LogP contribution is 2.43. The standard InChI is InChI=1S/C38H30F3NO/c1-22-18-24(20-37(3,4)38(39,40)41)12-16-27(22)32-19-33(42-21-23(32)2)31-11-7-10-29-30-17-15-26-14-13-25-8-5-6-9-28(25)34(26)36(30)43-35(29)31/h5-19,21H,20H2,1-4H3/i1D3,2D3,20D2. The SMILES string of the molecule is [2H]C([2H])([2H])c1cnc(-c2cccc3c2oc2c3ccc3ccc4ccccc4c32)cc1-c1ccc(C([2H])([2H])C(C)(C)C(F)(F)F)cc1C([2H])([2H])[2H]. The van der Waals surface area contributed by atoms with Gasteiger partial charge in [0.25, 0.3) is 0 Å². The van der Waals surface area contributed by atoms with Crippen LogP contribution in [0.1, 0.15) is 41.5 Å². The molecule has 0 spiro atoms. The zero-order valence-corrected chi connectivity index (χ0v) is 23.2. The predicted octanol–water partition coefficient (Wildman–Crippen LogP) is 11.4. The third kappa shape index (κ3) is 4.46. The molecule has 0 amide bonds. The van der Waals surface area contributed by atoms with Gasteiger partial charge in [-0.25, -0.2) is 0 Å². The molecule has 5 aromatic carbocycles. The molecule has 0 radical (unpaired) electrons. The van der Waals surface area contributed by atoms with Gasteiger partial charge in [0, 0.05) is 38.9 Å². The number of nitrogens with zero attached hydrogens (tertiary/aromatic N) is 1. The van der Waals surface area contributed by atoms with Crippen molar-refractivity contribution in [3.8, 4) is 22.4 Å². The summed E-state index contributed by atoms with van der Waals surface area (Å²) >= 11 is 0. The first-order valence-electron chi connectivity index (χ1n) is 17.7. The zero-order valence-electron chi connectivity index (χ0n) is 31.2. The van der Waals surface area contributed by atoms with Crippen LogP contribution in [0.2, 0.25) is 0 Å². The Morgan fingerprint density at radius 3 is 2.28 bits per heavy atom. The quantitative estimate of drug-likeness (QED) is 0.193. The molecule has 0 N–H and O–H groups in total. The normalized spacial score (nSPS) is 16.3. The molecule has 0 fully saturated rings. The lowest BCUT2D eigenvalue weighted by Crippen LogP contribution is -2.34. The van der Waals surface area contributed by atoms with Crippen LogP contribution in [0.3, 0.4) is 0 Å². The van der Waals surface area contributed by atoms with Crippen molar-refractivity contribution in [3.63, 3.8) is 0 Å². The van der Waals surface area contributed by atoms with Crippen molar-refractivity contribution < 1.29 is 28.6 Å². The van der Waals surface area contributed by atoms with Gasteiger partial charge in [-0.1, -0.05) is 86.6 Å². The van der Waals surface area contributed by atoms with E-state index in [0.717, 1.165) is 50.6 Å². The lowest BCUT2D eigenvalue weighted by molar-refractivity contribution is -0.211. The lowest BCUT2D eigenvalue weighted by atomic mass is 9.84. The fourth-order valence-electron chi connectivity index (χ4n) is 5.66. The summed E-state index contributed by atoms with van der Waals surface area (Å²) in [5.41, 5.74) is -2.38. The number of rotatable bonds is 4. The van der Waals surface area contributed by atoms with Crippen LogP contribution in [-0.2, 0) is 6.37 Å². The Morgan fingerprint density at radius 2 is 1.47 bits per heavy atom. The van der Waals surface area contributed by atoms with Crippen LogP contribution in [0, 0.1) is 19.1 Å². The number of halogens is 3. The molecule has 7 aromatic rings. The number of furan rings is 1. The molecular weight excluding hydrogens is 543 g/mol. The molecule has 5 heteroatoms. The number of benzene rings is 5. The summed E-state index contributed by atoms with van der Waals surface area (Å²) in [5.74, 6) is 0. The molecule has 214 valence electrons. The van der Waals surface area contributed by atoms with Crippen LogP contribution in [-0.4, -0.2) is 11.2 Å². The van der Waals surface area contributed by atoms with E-state index in [1.165, 1.54) is 12.1 Å². The van der Waals surface area contributed by atoms with Crippen LogP contribution in [0.25, 0.3) is 65.9 Å². The Balaban J connectivity index is 1.47. The molecule has 0 aliphatic rings. The van der Waals surface area contributed by atoms with E-state index in [4.69, 9.17) is 15.4 Å². The second kappa shape index (κ2) is 9.70. The van der Waals surface area contributed by atoms with E-state index in [0.29, 0.717) is 30.6 Å². The highest BCUT2D eigenvalue weighted by molar-refractivity contribution is 6.23. The summed E-state index contributed by atoms with van der Waals surface area (Å²) in [6.45, 7) is -4.30. The molecule has 43 heavy (non-hydrogen) atoms. The molecule has 0 bridgehead atoms. The molecule has 2 aromatic heterocycles. The summed E-state index contributed by atoms with van der Waals surface area (Å²) in [6, 6.07) is 26.1. The topological polar surface area (TPSA) is 26.0 Å². The fourth-order valence-corrected chi connectivity index (χ4v) is 5.66. The first-order chi connectivity index (χ1) is 23.7. The molecule has 0 atom stereocenters. The predicted molar refractivity (Wildman–Crippen MR) is 170 cm³/mol. The van der Waals surface area contributed by atoms with Gasteiger partial charge in [0.2, 0.25) is 0 Å². The average Bonchev–Trinajstić information content (AvgIpc) is 3.45. The minimum atomic E-state index is -4.96. The average molecular weight is 582 g/mol. The first-order valence-corrected chi connectivity index (χ1v) is 13.7. The van der Waals surface area contributed by atoms with Crippen LogP contribution in [0.4, 0.5) is 13.2 Å². The third-order valence-electron chi connectivity index (χ3n) is 8.03. The molecule has 2 heterocycles. The van der Waals surface area contributed by atoms with Gasteiger partial charge >= 0.3 is 6.18 Å². The van der Waals surface area contributed by atoms with Gasteiger partial charge in [0.1, 0.15) is 11.2 Å². The van der Waals surface area contributed by atoms with Gasteiger partial charge in [-0.3, -0.25) is 4.98 Å². The maximum atomic E-state index is 14.0. The monoisotopic (exact) mass is 581 g/mol. The van der Waals surface area contributed by atoms with E-state index < -0.39 is 42.8 Å². The number of fused-ring (bicyclic) bond motifs is 7. The Labute approximate surface area is 259 Å². The van der Waals surface area contributed by atoms with E-state index in [-0.39, 0.29) is 22.4 Å². The maximum Gasteiger partial charge on any atom is 0.394 e. The van der Waals surface area contributed by atoms with Gasteiger partial charge < -0.3 is 4.42 Å². The van der Waals surface area contributed by atoms with E-state index in [1.807, 2.05) is 60.7 Å². The minimum absolute atomic E-state index is 0.0297. The van der Waals surface area contributed by atoms with E-state index >= 15 is 0 Å². The van der Waals surface area contributed by atoms with Crippen molar-refractivity contribution in [2.75, 3.05) is 0 Å². The second-order valence-corrected chi connectivity index (χ2v) is 11.2. The molecule has 0 unspecified atom stereocenters. The van der Waals surface area contributed by atoms with Crippen molar-refractivity contribution in [2.24, 2.45) is 5.41 Å². The number of hydrogen-bond acceptors (Lipinski definition) is 2. The number of aryl methyl sites for hydroxylation is 2. The van der Waals surface area contributed by atoms with Crippen molar-refractivity contribution in [3.05, 3.63) is 114 Å². The van der Waals surface area contributed by atoms with Crippen LogP contribution >= 0.6 is 0 Å². The second-order valence-electron chi connectivity index (χ2n) is 11.2. The van der Waals surface area contributed by atoms with Gasteiger partial charge in [0.05, 0.1) is 11.1 Å². The first kappa shape index (κ1) is 19.5. The van der Waals surface area contributed by atoms with Crippen molar-refractivity contribution in [1.82, 2.24) is 4.98 Å². The molecule has 0 aliphatic carbocycles. The van der Waals surface area contributed by atoms with E-state index in [1.54, 1.807) is 6.07 Å². The summed E-state index contributed by atoms with van der Waals surface area (Å²) < 4.78 is 115. The zero-order chi connectivity index (χ0) is 36.9. The molecule has 2 nitrogen and oxygen atoms in total. The summed E-state index contributed by atoms with van der Waals surface area (Å²) in [7, 11) is 0. The third-order valence-corrected chi connectivity index (χ3v) is 8.03. The molecule has 7 rings (SSSR count). The smallest absolute Gasteiger partial charge is 0.394 e. The Morgan fingerprint density at radius 1 is 0.721 bits per heavy atom. The van der Waals surface area contributed by atoms with Gasteiger partial charge in [-0.2, -0.15) is 13.2 Å². The maximum absolute atomic E-state index is 14.0. The van der Waals surface area contributed by atoms with Crippen molar-refractivity contribution >= 4 is 43.5 Å². The number of aromatic nitrogens is 1. The number of para-hydroxylation sites is 1. The molecule has 0 aliphatic heterocycles. The number of hydrogen-bond donors (Lipinski definition) is 0. The largest absolute Gasteiger partial charge is 0.455 e. The molecular formula is C38H30F3NO. The van der Waals surface area contributed by atoms with Crippen LogP contribution in [0.15, 0.2) is 102 Å². The van der Waals surface area contributed by atoms with Gasteiger partial charge in [-0.05, 0) is 82.3 Å². The summed E-state index contributed by atoms with van der Waals surface area (Å²) in [5, 5.41) is 5.58. The summed E-state index contributed by atoms with van der Waals surface area (Å²) in [4.78, 5) is 4.50. The molecule has 0 saturated carbocycles. The fraction of sp³-hybridized carbons (Fsp3) is 0.184. The van der Waals surface area contributed by atoms with Crippen LogP contribution < -0.4 is 0 Å². The lowest BCUT2D eigenvalue weighted by Gasteiger charge is -2.28. The number of pyridine rings is 1. The van der Waals surface area contributed by atoms with Crippen molar-refractivity contribution in [2.45, 2.75) is 40.1 Å². The van der Waals surface area contributed by atoms with E-state index in [2.05, 4.69) is 4.98 Å². The highest BCUT2D eigenvalue weighted by Gasteiger charge is 2.47. The van der Waals surface area contributed by atoms with Gasteiger partial charge in [0.15, 0.2) is 0 Å². The Kier molecular flexibility index (Phi) is 4.41. The number of alkyl halides is 3. The Hall–Kier alpha value is -4.64. The Bertz CT molecular complexity index is 2510. The minimum Gasteiger partial charge on any atom is -0.455 e. The van der Waals surface area contributed by atoms with Crippen LogP contribution in [0.5, 0.6) is 0 Å². The van der Waals surface area contributed by atoms with Gasteiger partial charge in [-0.15, -0.1) is 0 Å². The van der Waals surface area contributed by atoms with E-state index in [9.17, 15) is 13.2 Å². The molecule has 0 saturated heterocycles. The van der Waals surface area contributed by atoms with Crippen molar-refractivity contribution in [1.29, 1.82) is 0 Å². The highest BCUT2D eigenvalue weighted by atomic mass is 19.4. The summed E-state index contributed by atoms with van der Waals surface area (Å²) in [6.07, 6.45) is -6.85.